The lowest BCUT2D eigenvalue weighted by Crippen LogP contribution is -2.19. The van der Waals surface area contributed by atoms with E-state index in [1.165, 1.54) is 11.3 Å². The second-order valence-corrected chi connectivity index (χ2v) is 5.13. The van der Waals surface area contributed by atoms with E-state index in [1.807, 2.05) is 31.2 Å². The Balaban J connectivity index is 1.95. The van der Waals surface area contributed by atoms with Crippen LogP contribution in [-0.4, -0.2) is 23.3 Å². The van der Waals surface area contributed by atoms with Crippen molar-refractivity contribution in [2.45, 2.75) is 20.0 Å². The summed E-state index contributed by atoms with van der Waals surface area (Å²) in [6, 6.07) is 7.14. The Bertz CT molecular complexity index is 585. The Morgan fingerprint density at radius 3 is 2.90 bits per heavy atom. The van der Waals surface area contributed by atoms with Crippen LogP contribution < -0.4 is 10.6 Å². The van der Waals surface area contributed by atoms with Gasteiger partial charge in [0.2, 0.25) is 5.13 Å². The Hall–Kier alpha value is -1.99. The van der Waals surface area contributed by atoms with Crippen LogP contribution in [0.2, 0.25) is 0 Å². The predicted molar refractivity (Wildman–Crippen MR) is 79.1 cm³/mol. The molecule has 0 aliphatic rings. The summed E-state index contributed by atoms with van der Waals surface area (Å²) in [4.78, 5) is 11.8. The minimum Gasteiger partial charge on any atom is -0.380 e. The average Bonchev–Trinajstić information content (AvgIpc) is 2.87. The number of aryl methyl sites for hydroxylation is 1. The fourth-order valence-electron chi connectivity index (χ4n) is 1.61. The van der Waals surface area contributed by atoms with E-state index in [0.717, 1.165) is 17.0 Å². The lowest BCUT2D eigenvalue weighted by molar-refractivity contribution is 0.185. The highest BCUT2D eigenvalue weighted by atomic mass is 32.1. The molecule has 7 heteroatoms. The SMILES string of the molecule is CCc1nnc(NC(=O)Nc2cccc(COC)c2)s1. The molecule has 106 valence electrons. The number of anilines is 2. The van der Waals surface area contributed by atoms with Crippen LogP contribution in [0, 0.1) is 0 Å². The second kappa shape index (κ2) is 6.97. The number of nitrogens with one attached hydrogen (secondary N) is 2. The van der Waals surface area contributed by atoms with Gasteiger partial charge in [-0.25, -0.2) is 4.79 Å². The molecule has 2 rings (SSSR count). The maximum absolute atomic E-state index is 11.8. The summed E-state index contributed by atoms with van der Waals surface area (Å²) in [5, 5.41) is 14.6. The molecule has 0 aliphatic carbocycles. The minimum atomic E-state index is -0.335. The van der Waals surface area contributed by atoms with Crippen molar-refractivity contribution in [1.29, 1.82) is 0 Å². The molecule has 1 heterocycles. The Kier molecular flexibility index (Phi) is 5.03. The van der Waals surface area contributed by atoms with Gasteiger partial charge in [0.05, 0.1) is 6.61 Å². The molecule has 0 aliphatic heterocycles. The molecule has 1 aromatic heterocycles. The molecule has 0 radical (unpaired) electrons. The van der Waals surface area contributed by atoms with Crippen LogP contribution in [0.25, 0.3) is 0 Å². The van der Waals surface area contributed by atoms with E-state index in [0.29, 0.717) is 17.4 Å². The molecule has 20 heavy (non-hydrogen) atoms. The van der Waals surface area contributed by atoms with Gasteiger partial charge in [-0.2, -0.15) is 0 Å². The zero-order valence-corrected chi connectivity index (χ0v) is 12.2. The number of ether oxygens (including phenoxy) is 1. The summed E-state index contributed by atoms with van der Waals surface area (Å²) in [7, 11) is 1.63. The molecule has 0 fully saturated rings. The van der Waals surface area contributed by atoms with Gasteiger partial charge in [-0.1, -0.05) is 30.4 Å². The highest BCUT2D eigenvalue weighted by Crippen LogP contribution is 2.16. The lowest BCUT2D eigenvalue weighted by Gasteiger charge is -2.07. The topological polar surface area (TPSA) is 76.1 Å². The van der Waals surface area contributed by atoms with Gasteiger partial charge < -0.3 is 10.1 Å². The smallest absolute Gasteiger partial charge is 0.325 e. The largest absolute Gasteiger partial charge is 0.380 e. The third-order valence-electron chi connectivity index (χ3n) is 2.49. The van der Waals surface area contributed by atoms with Gasteiger partial charge in [-0.05, 0) is 24.1 Å². The molecule has 2 amide bonds. The molecular formula is C13H16N4O2S. The first-order chi connectivity index (χ1) is 9.71. The molecule has 0 bridgehead atoms. The number of carbonyl (C=O) groups is 1. The van der Waals surface area contributed by atoms with Gasteiger partial charge in [0.1, 0.15) is 5.01 Å². The number of urea groups is 1. The van der Waals surface area contributed by atoms with Gasteiger partial charge in [0.25, 0.3) is 0 Å². The monoisotopic (exact) mass is 292 g/mol. The number of hydrogen-bond acceptors (Lipinski definition) is 5. The highest BCUT2D eigenvalue weighted by Gasteiger charge is 2.07. The summed E-state index contributed by atoms with van der Waals surface area (Å²) in [5.74, 6) is 0. The maximum Gasteiger partial charge on any atom is 0.325 e. The van der Waals surface area contributed by atoms with Crippen molar-refractivity contribution in [3.63, 3.8) is 0 Å². The molecule has 6 nitrogen and oxygen atoms in total. The molecule has 1 aromatic carbocycles. The number of methoxy groups -OCH3 is 1. The van der Waals surface area contributed by atoms with Gasteiger partial charge in [0.15, 0.2) is 0 Å². The number of nitrogens with zero attached hydrogens (tertiary/aromatic N) is 2. The van der Waals surface area contributed by atoms with Crippen molar-refractivity contribution in [2.75, 3.05) is 17.7 Å². The van der Waals surface area contributed by atoms with Crippen LogP contribution in [0.1, 0.15) is 17.5 Å². The molecular weight excluding hydrogens is 276 g/mol. The first-order valence-electron chi connectivity index (χ1n) is 6.19. The summed E-state index contributed by atoms with van der Waals surface area (Å²) < 4.78 is 5.05. The minimum absolute atomic E-state index is 0.335. The first kappa shape index (κ1) is 14.4. The van der Waals surface area contributed by atoms with Crippen molar-refractivity contribution >= 4 is 28.2 Å². The molecule has 0 saturated heterocycles. The van der Waals surface area contributed by atoms with Crippen LogP contribution in [0.4, 0.5) is 15.6 Å². The van der Waals surface area contributed by atoms with Crippen molar-refractivity contribution in [1.82, 2.24) is 10.2 Å². The number of carbonyl (C=O) groups excluding carboxylic acids is 1. The predicted octanol–water partition coefficient (Wildman–Crippen LogP) is 2.89. The normalized spacial score (nSPS) is 10.3. The Morgan fingerprint density at radius 2 is 2.20 bits per heavy atom. The molecule has 0 saturated carbocycles. The standard InChI is InChI=1S/C13H16N4O2S/c1-3-11-16-17-13(20-11)15-12(18)14-10-6-4-5-9(7-10)8-19-2/h4-7H,3,8H2,1-2H3,(H2,14,15,17,18). The van der Waals surface area contributed by atoms with E-state index in [-0.39, 0.29) is 6.03 Å². The molecule has 0 spiro atoms. The summed E-state index contributed by atoms with van der Waals surface area (Å²) >= 11 is 1.37. The summed E-state index contributed by atoms with van der Waals surface area (Å²) in [6.07, 6.45) is 0.806. The number of hydrogen-bond donors (Lipinski definition) is 2. The van der Waals surface area contributed by atoms with Crippen LogP contribution >= 0.6 is 11.3 Å². The quantitative estimate of drug-likeness (QED) is 0.888. The van der Waals surface area contributed by atoms with Crippen LogP contribution in [-0.2, 0) is 17.8 Å². The third-order valence-corrected chi connectivity index (χ3v) is 3.47. The molecule has 2 aromatic rings. The van der Waals surface area contributed by atoms with Crippen LogP contribution in [0.3, 0.4) is 0 Å². The van der Waals surface area contributed by atoms with Crippen LogP contribution in [0.5, 0.6) is 0 Å². The van der Waals surface area contributed by atoms with E-state index < -0.39 is 0 Å². The van der Waals surface area contributed by atoms with Crippen molar-refractivity contribution in [3.8, 4) is 0 Å². The van der Waals surface area contributed by atoms with E-state index in [2.05, 4.69) is 20.8 Å². The van der Waals surface area contributed by atoms with Gasteiger partial charge in [0, 0.05) is 12.8 Å². The third kappa shape index (κ3) is 4.01. The summed E-state index contributed by atoms with van der Waals surface area (Å²) in [5.41, 5.74) is 1.70. The number of benzene rings is 1. The molecule has 0 atom stereocenters. The van der Waals surface area contributed by atoms with E-state index in [4.69, 9.17) is 4.74 Å². The average molecular weight is 292 g/mol. The van der Waals surface area contributed by atoms with Crippen LogP contribution in [0.15, 0.2) is 24.3 Å². The number of amides is 2. The Labute approximate surface area is 121 Å². The van der Waals surface area contributed by atoms with E-state index >= 15 is 0 Å². The second-order valence-electron chi connectivity index (χ2n) is 4.07. The zero-order valence-electron chi connectivity index (χ0n) is 11.3. The van der Waals surface area contributed by atoms with Crippen molar-refractivity contribution in [2.24, 2.45) is 0 Å². The van der Waals surface area contributed by atoms with E-state index in [1.54, 1.807) is 7.11 Å². The maximum atomic E-state index is 11.8. The van der Waals surface area contributed by atoms with Gasteiger partial charge >= 0.3 is 6.03 Å². The fourth-order valence-corrected chi connectivity index (χ4v) is 2.29. The molecule has 0 unspecified atom stereocenters. The lowest BCUT2D eigenvalue weighted by atomic mass is 10.2. The number of rotatable bonds is 5. The fraction of sp³-hybridized carbons (Fsp3) is 0.308. The number of aromatic nitrogens is 2. The van der Waals surface area contributed by atoms with Gasteiger partial charge in [-0.3, -0.25) is 5.32 Å². The zero-order chi connectivity index (χ0) is 14.4. The van der Waals surface area contributed by atoms with Gasteiger partial charge in [-0.15, -0.1) is 10.2 Å². The first-order valence-corrected chi connectivity index (χ1v) is 7.01. The Morgan fingerprint density at radius 1 is 1.35 bits per heavy atom. The molecule has 2 N–H and O–H groups in total. The van der Waals surface area contributed by atoms with Crippen molar-refractivity contribution in [3.05, 3.63) is 34.8 Å². The summed E-state index contributed by atoms with van der Waals surface area (Å²) in [6.45, 7) is 2.50. The van der Waals surface area contributed by atoms with Crippen molar-refractivity contribution < 1.29 is 9.53 Å². The highest BCUT2D eigenvalue weighted by molar-refractivity contribution is 7.15. The van der Waals surface area contributed by atoms with E-state index in [9.17, 15) is 4.79 Å².